The number of anilines is 1. The fraction of sp³-hybridized carbons (Fsp3) is 0.444. The lowest BCUT2D eigenvalue weighted by molar-refractivity contribution is 0.620. The molecule has 2 rings (SSSR count). The number of hydrogen-bond donors (Lipinski definition) is 0. The van der Waals surface area contributed by atoms with Gasteiger partial charge in [0.05, 0.1) is 6.20 Å². The lowest BCUT2D eigenvalue weighted by Gasteiger charge is -2.16. The summed E-state index contributed by atoms with van der Waals surface area (Å²) in [4.78, 5) is 6.09. The van der Waals surface area contributed by atoms with Crippen molar-refractivity contribution in [3.05, 3.63) is 24.1 Å². The highest BCUT2D eigenvalue weighted by Gasteiger charge is 2.26. The summed E-state index contributed by atoms with van der Waals surface area (Å²) in [6.45, 7) is 0. The Kier molecular flexibility index (Phi) is 1.71. The van der Waals surface area contributed by atoms with Gasteiger partial charge >= 0.3 is 0 Å². The molecule has 0 amide bonds. The average molecular weight is 166 g/mol. The second kappa shape index (κ2) is 2.73. The summed E-state index contributed by atoms with van der Waals surface area (Å²) >= 11 is 0. The minimum absolute atomic E-state index is 0.275. The van der Waals surface area contributed by atoms with E-state index < -0.39 is 0 Å². The first-order chi connectivity index (χ1) is 5.77. The van der Waals surface area contributed by atoms with Crippen molar-refractivity contribution in [3.63, 3.8) is 0 Å². The Labute approximate surface area is 71.0 Å². The fourth-order valence-electron chi connectivity index (χ4n) is 1.23. The van der Waals surface area contributed by atoms with Crippen molar-refractivity contribution in [2.45, 2.75) is 18.9 Å². The van der Waals surface area contributed by atoms with Crippen LogP contribution >= 0.6 is 0 Å². The van der Waals surface area contributed by atoms with Gasteiger partial charge in [-0.05, 0) is 25.0 Å². The summed E-state index contributed by atoms with van der Waals surface area (Å²) in [5.74, 6) is 0.585. The van der Waals surface area contributed by atoms with Crippen molar-refractivity contribution in [2.75, 3.05) is 11.9 Å². The van der Waals surface area contributed by atoms with Gasteiger partial charge in [-0.2, -0.15) is 0 Å². The third kappa shape index (κ3) is 1.40. The molecule has 0 aliphatic heterocycles. The number of hydrogen-bond acceptors (Lipinski definition) is 2. The molecule has 0 aromatic carbocycles. The van der Waals surface area contributed by atoms with Crippen LogP contribution in [0.3, 0.4) is 0 Å². The highest BCUT2D eigenvalue weighted by Crippen LogP contribution is 2.28. The molecular weight excluding hydrogens is 155 g/mol. The normalized spacial score (nSPS) is 16.2. The van der Waals surface area contributed by atoms with Gasteiger partial charge < -0.3 is 4.90 Å². The molecule has 0 atom stereocenters. The van der Waals surface area contributed by atoms with Crippen molar-refractivity contribution < 1.29 is 4.39 Å². The molecule has 0 N–H and O–H groups in total. The van der Waals surface area contributed by atoms with Crippen LogP contribution in [-0.4, -0.2) is 18.1 Å². The van der Waals surface area contributed by atoms with E-state index >= 15 is 0 Å². The Morgan fingerprint density at radius 1 is 1.50 bits per heavy atom. The molecule has 0 spiro atoms. The highest BCUT2D eigenvalue weighted by molar-refractivity contribution is 5.39. The van der Waals surface area contributed by atoms with Crippen molar-refractivity contribution in [3.8, 4) is 0 Å². The smallest absolute Gasteiger partial charge is 0.141 e. The van der Waals surface area contributed by atoms with Crippen LogP contribution in [0.15, 0.2) is 18.3 Å². The van der Waals surface area contributed by atoms with Crippen LogP contribution in [0.1, 0.15) is 12.8 Å². The maximum absolute atomic E-state index is 12.5. The molecule has 12 heavy (non-hydrogen) atoms. The molecule has 1 aliphatic rings. The molecule has 1 aromatic rings. The third-order valence-corrected chi connectivity index (χ3v) is 2.17. The van der Waals surface area contributed by atoms with Crippen LogP contribution in [0.2, 0.25) is 0 Å². The Bertz CT molecular complexity index is 266. The van der Waals surface area contributed by atoms with E-state index in [0.29, 0.717) is 6.04 Å². The summed E-state index contributed by atoms with van der Waals surface area (Å²) in [6.07, 6.45) is 3.72. The largest absolute Gasteiger partial charge is 0.357 e. The van der Waals surface area contributed by atoms with Crippen molar-refractivity contribution in [1.29, 1.82) is 0 Å². The lowest BCUT2D eigenvalue weighted by atomic mass is 10.4. The minimum atomic E-state index is -0.275. The quantitative estimate of drug-likeness (QED) is 0.666. The number of pyridine rings is 1. The zero-order valence-electron chi connectivity index (χ0n) is 7.00. The second-order valence-corrected chi connectivity index (χ2v) is 3.18. The molecule has 1 fully saturated rings. The van der Waals surface area contributed by atoms with Crippen molar-refractivity contribution in [2.24, 2.45) is 0 Å². The molecule has 1 aromatic heterocycles. The predicted octanol–water partition coefficient (Wildman–Crippen LogP) is 1.82. The number of rotatable bonds is 2. The van der Waals surface area contributed by atoms with Gasteiger partial charge in [0.2, 0.25) is 0 Å². The van der Waals surface area contributed by atoms with Crippen LogP contribution < -0.4 is 4.90 Å². The summed E-state index contributed by atoms with van der Waals surface area (Å²) in [5.41, 5.74) is 0. The zero-order chi connectivity index (χ0) is 8.55. The van der Waals surface area contributed by atoms with Crippen LogP contribution in [-0.2, 0) is 0 Å². The summed E-state index contributed by atoms with van der Waals surface area (Å²) in [6, 6.07) is 3.79. The van der Waals surface area contributed by atoms with E-state index in [2.05, 4.69) is 9.88 Å². The maximum Gasteiger partial charge on any atom is 0.141 e. The first kappa shape index (κ1) is 7.53. The molecule has 0 bridgehead atoms. The maximum atomic E-state index is 12.5. The average Bonchev–Trinajstić information content (AvgIpc) is 2.87. The third-order valence-electron chi connectivity index (χ3n) is 2.17. The number of aromatic nitrogens is 1. The predicted molar refractivity (Wildman–Crippen MR) is 45.6 cm³/mol. The van der Waals surface area contributed by atoms with E-state index in [9.17, 15) is 4.39 Å². The van der Waals surface area contributed by atoms with Crippen LogP contribution in [0.25, 0.3) is 0 Å². The minimum Gasteiger partial charge on any atom is -0.357 e. The van der Waals surface area contributed by atoms with E-state index in [1.54, 1.807) is 6.07 Å². The highest BCUT2D eigenvalue weighted by atomic mass is 19.1. The Balaban J connectivity index is 2.16. The van der Waals surface area contributed by atoms with E-state index in [0.717, 1.165) is 5.82 Å². The van der Waals surface area contributed by atoms with Gasteiger partial charge in [-0.15, -0.1) is 0 Å². The molecule has 3 heteroatoms. The van der Waals surface area contributed by atoms with Gasteiger partial charge in [0.1, 0.15) is 11.6 Å². The lowest BCUT2D eigenvalue weighted by Crippen LogP contribution is -2.20. The Hall–Kier alpha value is -1.12. The van der Waals surface area contributed by atoms with Crippen LogP contribution in [0.5, 0.6) is 0 Å². The van der Waals surface area contributed by atoms with Crippen LogP contribution in [0.4, 0.5) is 10.2 Å². The topological polar surface area (TPSA) is 16.1 Å². The Morgan fingerprint density at radius 2 is 2.25 bits per heavy atom. The summed E-state index contributed by atoms with van der Waals surface area (Å²) in [5, 5.41) is 0. The van der Waals surface area contributed by atoms with Crippen molar-refractivity contribution >= 4 is 5.82 Å². The first-order valence-corrected chi connectivity index (χ1v) is 4.12. The van der Waals surface area contributed by atoms with Gasteiger partial charge in [0, 0.05) is 13.1 Å². The molecule has 2 nitrogen and oxygen atoms in total. The molecule has 1 heterocycles. The SMILES string of the molecule is CN(c1ccc(F)cn1)C1CC1. The van der Waals surface area contributed by atoms with E-state index in [4.69, 9.17) is 0 Å². The van der Waals surface area contributed by atoms with Gasteiger partial charge in [-0.1, -0.05) is 0 Å². The molecule has 0 radical (unpaired) electrons. The summed E-state index contributed by atoms with van der Waals surface area (Å²) in [7, 11) is 2.00. The first-order valence-electron chi connectivity index (χ1n) is 4.12. The molecule has 0 unspecified atom stereocenters. The van der Waals surface area contributed by atoms with Gasteiger partial charge in [0.15, 0.2) is 0 Å². The van der Waals surface area contributed by atoms with Gasteiger partial charge in [-0.25, -0.2) is 9.37 Å². The standard InChI is InChI=1S/C9H11FN2/c1-12(8-3-4-8)9-5-2-7(10)6-11-9/h2,5-6,8H,3-4H2,1H3. The number of halogens is 1. The molecule has 1 saturated carbocycles. The molecular formula is C9H11FN2. The van der Waals surface area contributed by atoms with Gasteiger partial charge in [0.25, 0.3) is 0 Å². The van der Waals surface area contributed by atoms with E-state index in [1.165, 1.54) is 25.1 Å². The second-order valence-electron chi connectivity index (χ2n) is 3.18. The Morgan fingerprint density at radius 3 is 2.75 bits per heavy atom. The van der Waals surface area contributed by atoms with E-state index in [1.807, 2.05) is 7.05 Å². The molecule has 64 valence electrons. The summed E-state index contributed by atoms with van der Waals surface area (Å²) < 4.78 is 12.5. The monoisotopic (exact) mass is 166 g/mol. The molecule has 1 aliphatic carbocycles. The molecule has 0 saturated heterocycles. The van der Waals surface area contributed by atoms with E-state index in [-0.39, 0.29) is 5.82 Å². The zero-order valence-corrected chi connectivity index (χ0v) is 7.00. The van der Waals surface area contributed by atoms with Crippen LogP contribution in [0, 0.1) is 5.82 Å². The van der Waals surface area contributed by atoms with Gasteiger partial charge in [-0.3, -0.25) is 0 Å². The number of nitrogens with zero attached hydrogens (tertiary/aromatic N) is 2. The van der Waals surface area contributed by atoms with Crippen molar-refractivity contribution in [1.82, 2.24) is 4.98 Å². The fourth-order valence-corrected chi connectivity index (χ4v) is 1.23.